The average Bonchev–Trinajstić information content (AvgIpc) is 2.84. The third kappa shape index (κ3) is 2.79. The number of sulfonamides is 1. The molecule has 10 heteroatoms. The highest BCUT2D eigenvalue weighted by Gasteiger charge is 2.20. The van der Waals surface area contributed by atoms with Gasteiger partial charge in [-0.15, -0.1) is 0 Å². The first kappa shape index (κ1) is 14.1. The second-order valence-electron chi connectivity index (χ2n) is 3.74. The smallest absolute Gasteiger partial charge is 0.267 e. The molecule has 0 saturated heterocycles. The number of ether oxygens (including phenoxy) is 2. The number of hydrogen-bond donors (Lipinski definition) is 2. The summed E-state index contributed by atoms with van der Waals surface area (Å²) in [5.74, 6) is 0.207. The van der Waals surface area contributed by atoms with Crippen LogP contribution in [0.15, 0.2) is 17.2 Å². The fourth-order valence-electron chi connectivity index (χ4n) is 1.44. The Labute approximate surface area is 115 Å². The Morgan fingerprint density at radius 2 is 1.80 bits per heavy atom. The van der Waals surface area contributed by atoms with E-state index in [0.29, 0.717) is 5.69 Å². The molecular formula is C10H13N5O4S. The van der Waals surface area contributed by atoms with Gasteiger partial charge in [0.05, 0.1) is 32.2 Å². The van der Waals surface area contributed by atoms with Crippen LogP contribution in [-0.4, -0.2) is 42.8 Å². The Kier molecular flexibility index (Phi) is 3.74. The van der Waals surface area contributed by atoms with Gasteiger partial charge in [0.25, 0.3) is 10.0 Å². The Balaban J connectivity index is 2.37. The molecule has 0 aliphatic rings. The van der Waals surface area contributed by atoms with Crippen LogP contribution in [0.2, 0.25) is 0 Å². The Hall–Kier alpha value is -2.36. The number of rotatable bonds is 5. The van der Waals surface area contributed by atoms with Gasteiger partial charge in [-0.1, -0.05) is 0 Å². The van der Waals surface area contributed by atoms with E-state index in [4.69, 9.17) is 9.47 Å². The van der Waals surface area contributed by atoms with Crippen LogP contribution in [0.4, 0.5) is 5.95 Å². The van der Waals surface area contributed by atoms with Gasteiger partial charge in [0.15, 0.2) is 0 Å². The highest BCUT2D eigenvalue weighted by atomic mass is 32.2. The number of methoxy groups -OCH3 is 2. The van der Waals surface area contributed by atoms with Crippen molar-refractivity contribution in [3.8, 4) is 11.8 Å². The van der Waals surface area contributed by atoms with Gasteiger partial charge in [0.2, 0.25) is 17.7 Å². The van der Waals surface area contributed by atoms with Crippen molar-refractivity contribution in [2.45, 2.75) is 11.8 Å². The molecule has 0 fully saturated rings. The van der Waals surface area contributed by atoms with E-state index in [2.05, 4.69) is 24.9 Å². The molecule has 2 rings (SSSR count). The number of anilines is 1. The van der Waals surface area contributed by atoms with Gasteiger partial charge in [0, 0.05) is 0 Å². The molecule has 0 aromatic carbocycles. The standard InChI is InChI=1S/C10H13N5O4S/c1-6-7(5-11-14-6)20(16,17)15-10-12-8(18-2)4-9(13-10)19-3/h4-5H,1-3H3,(H,11,14)(H,12,13,15). The molecule has 0 amide bonds. The van der Waals surface area contributed by atoms with E-state index in [1.165, 1.54) is 26.5 Å². The topological polar surface area (TPSA) is 119 Å². The third-order valence-corrected chi connectivity index (χ3v) is 3.84. The van der Waals surface area contributed by atoms with E-state index in [-0.39, 0.29) is 22.6 Å². The van der Waals surface area contributed by atoms with E-state index >= 15 is 0 Å². The second-order valence-corrected chi connectivity index (χ2v) is 5.39. The zero-order valence-electron chi connectivity index (χ0n) is 11.0. The van der Waals surface area contributed by atoms with Crippen molar-refractivity contribution in [3.05, 3.63) is 18.0 Å². The molecule has 0 atom stereocenters. The number of aromatic amines is 1. The summed E-state index contributed by atoms with van der Waals surface area (Å²) < 4.78 is 36.4. The van der Waals surface area contributed by atoms with E-state index in [9.17, 15) is 8.42 Å². The summed E-state index contributed by atoms with van der Waals surface area (Å²) in [5, 5.41) is 6.21. The van der Waals surface area contributed by atoms with E-state index in [0.717, 1.165) is 0 Å². The molecular weight excluding hydrogens is 286 g/mol. The summed E-state index contributed by atoms with van der Waals surface area (Å²) in [6.07, 6.45) is 1.20. The zero-order valence-corrected chi connectivity index (χ0v) is 11.9. The molecule has 0 radical (unpaired) electrons. The van der Waals surface area contributed by atoms with Crippen molar-refractivity contribution in [2.24, 2.45) is 0 Å². The monoisotopic (exact) mass is 299 g/mol. The predicted molar refractivity (Wildman–Crippen MR) is 69.3 cm³/mol. The zero-order chi connectivity index (χ0) is 14.8. The number of hydrogen-bond acceptors (Lipinski definition) is 7. The van der Waals surface area contributed by atoms with Gasteiger partial charge in [-0.3, -0.25) is 5.10 Å². The fourth-order valence-corrected chi connectivity index (χ4v) is 2.53. The highest BCUT2D eigenvalue weighted by Crippen LogP contribution is 2.20. The fraction of sp³-hybridized carbons (Fsp3) is 0.300. The molecule has 0 bridgehead atoms. The molecule has 2 aromatic heterocycles. The molecule has 9 nitrogen and oxygen atoms in total. The van der Waals surface area contributed by atoms with E-state index in [1.54, 1.807) is 6.92 Å². The first-order chi connectivity index (χ1) is 9.46. The first-order valence-corrected chi connectivity index (χ1v) is 6.94. The molecule has 2 aromatic rings. The molecule has 0 aliphatic carbocycles. The molecule has 108 valence electrons. The second kappa shape index (κ2) is 5.33. The first-order valence-electron chi connectivity index (χ1n) is 5.46. The van der Waals surface area contributed by atoms with E-state index in [1.807, 2.05) is 0 Å². The minimum Gasteiger partial charge on any atom is -0.481 e. The van der Waals surface area contributed by atoms with Gasteiger partial charge in [-0.05, 0) is 6.92 Å². The van der Waals surface area contributed by atoms with Gasteiger partial charge in [-0.2, -0.15) is 15.1 Å². The third-order valence-electron chi connectivity index (χ3n) is 2.40. The minimum atomic E-state index is -3.83. The van der Waals surface area contributed by atoms with Crippen LogP contribution >= 0.6 is 0 Å². The lowest BCUT2D eigenvalue weighted by atomic mass is 10.5. The lowest BCUT2D eigenvalue weighted by molar-refractivity contribution is 0.373. The molecule has 2 heterocycles. The van der Waals surface area contributed by atoms with Crippen LogP contribution in [0.25, 0.3) is 0 Å². The summed E-state index contributed by atoms with van der Waals surface area (Å²) in [7, 11) is -1.02. The van der Waals surface area contributed by atoms with Crippen molar-refractivity contribution in [1.82, 2.24) is 20.2 Å². The van der Waals surface area contributed by atoms with Crippen LogP contribution in [0.3, 0.4) is 0 Å². The van der Waals surface area contributed by atoms with Crippen LogP contribution < -0.4 is 14.2 Å². The maximum absolute atomic E-state index is 12.2. The summed E-state index contributed by atoms with van der Waals surface area (Å²) >= 11 is 0. The van der Waals surface area contributed by atoms with Crippen LogP contribution in [0, 0.1) is 6.92 Å². The van der Waals surface area contributed by atoms with Crippen molar-refractivity contribution in [2.75, 3.05) is 18.9 Å². The Morgan fingerprint density at radius 3 is 2.25 bits per heavy atom. The number of nitrogens with one attached hydrogen (secondary N) is 2. The van der Waals surface area contributed by atoms with Gasteiger partial charge < -0.3 is 9.47 Å². The maximum Gasteiger partial charge on any atom is 0.267 e. The highest BCUT2D eigenvalue weighted by molar-refractivity contribution is 7.92. The molecule has 0 aliphatic heterocycles. The summed E-state index contributed by atoms with van der Waals surface area (Å²) in [4.78, 5) is 7.80. The lowest BCUT2D eigenvalue weighted by Crippen LogP contribution is -2.16. The lowest BCUT2D eigenvalue weighted by Gasteiger charge is -2.08. The largest absolute Gasteiger partial charge is 0.481 e. The number of H-pyrrole nitrogens is 1. The molecule has 0 unspecified atom stereocenters. The summed E-state index contributed by atoms with van der Waals surface area (Å²) in [5.41, 5.74) is 0.410. The predicted octanol–water partition coefficient (Wildman–Crippen LogP) is 0.326. The quantitative estimate of drug-likeness (QED) is 0.816. The minimum absolute atomic E-state index is 0.0166. The summed E-state index contributed by atoms with van der Waals surface area (Å²) in [6, 6.07) is 1.43. The SMILES string of the molecule is COc1cc(OC)nc(NS(=O)(=O)c2cn[nH]c2C)n1. The molecule has 20 heavy (non-hydrogen) atoms. The summed E-state index contributed by atoms with van der Waals surface area (Å²) in [6.45, 7) is 1.59. The van der Waals surface area contributed by atoms with Crippen molar-refractivity contribution >= 4 is 16.0 Å². The van der Waals surface area contributed by atoms with Crippen molar-refractivity contribution < 1.29 is 17.9 Å². The van der Waals surface area contributed by atoms with Crippen LogP contribution in [-0.2, 0) is 10.0 Å². The number of nitrogens with zero attached hydrogens (tertiary/aromatic N) is 3. The van der Waals surface area contributed by atoms with Gasteiger partial charge in [0.1, 0.15) is 4.90 Å². The number of aryl methyl sites for hydroxylation is 1. The van der Waals surface area contributed by atoms with Crippen molar-refractivity contribution in [1.29, 1.82) is 0 Å². The van der Waals surface area contributed by atoms with Gasteiger partial charge in [-0.25, -0.2) is 13.1 Å². The van der Waals surface area contributed by atoms with Crippen LogP contribution in [0.5, 0.6) is 11.8 Å². The molecule has 0 saturated carbocycles. The van der Waals surface area contributed by atoms with Crippen molar-refractivity contribution in [3.63, 3.8) is 0 Å². The molecule has 2 N–H and O–H groups in total. The maximum atomic E-state index is 12.2. The van der Waals surface area contributed by atoms with Crippen LogP contribution in [0.1, 0.15) is 5.69 Å². The average molecular weight is 299 g/mol. The number of aromatic nitrogens is 4. The van der Waals surface area contributed by atoms with E-state index < -0.39 is 10.0 Å². The van der Waals surface area contributed by atoms with Gasteiger partial charge >= 0.3 is 0 Å². The molecule has 0 spiro atoms. The Morgan fingerprint density at radius 1 is 1.20 bits per heavy atom. The normalized spacial score (nSPS) is 11.2. The Bertz CT molecular complexity index is 690.